The molecular formula is C10H17F3N2O2. The van der Waals surface area contributed by atoms with Crippen molar-refractivity contribution in [1.29, 1.82) is 0 Å². The standard InChI is InChI=1S/C10H17F3N2O2/c11-10(12,13)7-15-9(16)14-4-1-5-17-6-8-2-3-8/h8H,1-7H2,(H2,14,15,16). The van der Waals surface area contributed by atoms with Crippen LogP contribution in [0, 0.1) is 5.92 Å². The maximum Gasteiger partial charge on any atom is 0.405 e. The summed E-state index contributed by atoms with van der Waals surface area (Å²) in [5, 5.41) is 4.05. The Bertz CT molecular complexity index is 242. The van der Waals surface area contributed by atoms with Crippen molar-refractivity contribution < 1.29 is 22.7 Å². The van der Waals surface area contributed by atoms with Gasteiger partial charge in [-0.2, -0.15) is 13.2 Å². The predicted octanol–water partition coefficient (Wildman–Crippen LogP) is 1.66. The van der Waals surface area contributed by atoms with E-state index in [9.17, 15) is 18.0 Å². The van der Waals surface area contributed by atoms with Crippen LogP contribution in [0.2, 0.25) is 0 Å². The zero-order chi connectivity index (χ0) is 12.7. The minimum absolute atomic E-state index is 0.314. The summed E-state index contributed by atoms with van der Waals surface area (Å²) in [5.41, 5.74) is 0. The van der Waals surface area contributed by atoms with Crippen LogP contribution in [0.5, 0.6) is 0 Å². The lowest BCUT2D eigenvalue weighted by Crippen LogP contribution is -2.41. The molecule has 0 saturated heterocycles. The third-order valence-electron chi connectivity index (χ3n) is 2.25. The maximum atomic E-state index is 11.7. The number of urea groups is 1. The molecule has 0 aromatic rings. The Labute approximate surface area is 97.9 Å². The molecule has 0 aliphatic heterocycles. The number of nitrogens with one attached hydrogen (secondary N) is 2. The number of carbonyl (C=O) groups excluding carboxylic acids is 1. The number of ether oxygens (including phenoxy) is 1. The fraction of sp³-hybridized carbons (Fsp3) is 0.900. The summed E-state index contributed by atoms with van der Waals surface area (Å²) in [6.07, 6.45) is -1.33. The van der Waals surface area contributed by atoms with Crippen LogP contribution in [-0.2, 0) is 4.74 Å². The van der Waals surface area contributed by atoms with E-state index in [1.807, 2.05) is 0 Å². The van der Waals surface area contributed by atoms with Crippen molar-refractivity contribution in [3.05, 3.63) is 0 Å². The van der Waals surface area contributed by atoms with Crippen LogP contribution < -0.4 is 10.6 Å². The fourth-order valence-electron chi connectivity index (χ4n) is 1.15. The van der Waals surface area contributed by atoms with E-state index in [1.165, 1.54) is 12.8 Å². The molecule has 2 N–H and O–H groups in total. The van der Waals surface area contributed by atoms with Crippen LogP contribution >= 0.6 is 0 Å². The summed E-state index contributed by atoms with van der Waals surface area (Å²) in [6, 6.07) is -0.801. The van der Waals surface area contributed by atoms with Gasteiger partial charge in [0.25, 0.3) is 0 Å². The average molecular weight is 254 g/mol. The van der Waals surface area contributed by atoms with Crippen molar-refractivity contribution in [3.63, 3.8) is 0 Å². The third-order valence-corrected chi connectivity index (χ3v) is 2.25. The van der Waals surface area contributed by atoms with Gasteiger partial charge < -0.3 is 15.4 Å². The van der Waals surface area contributed by atoms with Crippen molar-refractivity contribution in [2.75, 3.05) is 26.3 Å². The normalized spacial score (nSPS) is 15.7. The highest BCUT2D eigenvalue weighted by Gasteiger charge is 2.27. The average Bonchev–Trinajstić information content (AvgIpc) is 3.03. The second kappa shape index (κ2) is 6.68. The molecule has 1 rings (SSSR count). The van der Waals surface area contributed by atoms with E-state index in [2.05, 4.69) is 5.32 Å². The summed E-state index contributed by atoms with van der Waals surface area (Å²) >= 11 is 0. The van der Waals surface area contributed by atoms with E-state index in [1.54, 1.807) is 5.32 Å². The molecule has 0 aromatic heterocycles. The van der Waals surface area contributed by atoms with Crippen molar-refractivity contribution in [2.24, 2.45) is 5.92 Å². The van der Waals surface area contributed by atoms with Gasteiger partial charge in [0.2, 0.25) is 0 Å². The number of hydrogen-bond acceptors (Lipinski definition) is 2. The minimum Gasteiger partial charge on any atom is -0.381 e. The lowest BCUT2D eigenvalue weighted by atomic mass is 10.4. The van der Waals surface area contributed by atoms with Gasteiger partial charge in [0.15, 0.2) is 0 Å². The van der Waals surface area contributed by atoms with Crippen LogP contribution in [0.3, 0.4) is 0 Å². The van der Waals surface area contributed by atoms with Crippen molar-refractivity contribution >= 4 is 6.03 Å². The lowest BCUT2D eigenvalue weighted by Gasteiger charge is -2.09. The molecular weight excluding hydrogens is 237 g/mol. The number of carbonyl (C=O) groups is 1. The second-order valence-electron chi connectivity index (χ2n) is 4.10. The second-order valence-corrected chi connectivity index (χ2v) is 4.10. The number of halogens is 3. The van der Waals surface area contributed by atoms with Gasteiger partial charge in [0.05, 0.1) is 0 Å². The molecule has 17 heavy (non-hydrogen) atoms. The Balaban J connectivity index is 1.85. The highest BCUT2D eigenvalue weighted by atomic mass is 19.4. The van der Waals surface area contributed by atoms with Crippen molar-refractivity contribution in [2.45, 2.75) is 25.4 Å². The highest BCUT2D eigenvalue weighted by molar-refractivity contribution is 5.73. The number of hydrogen-bond donors (Lipinski definition) is 2. The van der Waals surface area contributed by atoms with Crippen LogP contribution in [0.4, 0.5) is 18.0 Å². The van der Waals surface area contributed by atoms with Crippen LogP contribution in [0.15, 0.2) is 0 Å². The largest absolute Gasteiger partial charge is 0.405 e. The van der Waals surface area contributed by atoms with Gasteiger partial charge >= 0.3 is 12.2 Å². The third kappa shape index (κ3) is 8.79. The molecule has 0 radical (unpaired) electrons. The topological polar surface area (TPSA) is 50.4 Å². The molecule has 100 valence electrons. The van der Waals surface area contributed by atoms with E-state index >= 15 is 0 Å². The molecule has 1 aliphatic carbocycles. The maximum absolute atomic E-state index is 11.7. The fourth-order valence-corrected chi connectivity index (χ4v) is 1.15. The summed E-state index contributed by atoms with van der Waals surface area (Å²) in [4.78, 5) is 10.9. The zero-order valence-corrected chi connectivity index (χ0v) is 9.48. The SMILES string of the molecule is O=C(NCCCOCC1CC1)NCC(F)(F)F. The van der Waals surface area contributed by atoms with Gasteiger partial charge in [0.1, 0.15) is 6.54 Å². The summed E-state index contributed by atoms with van der Waals surface area (Å²) in [5.74, 6) is 0.693. The Kier molecular flexibility index (Phi) is 5.54. The molecule has 0 unspecified atom stereocenters. The van der Waals surface area contributed by atoms with Crippen LogP contribution in [0.25, 0.3) is 0 Å². The van der Waals surface area contributed by atoms with Gasteiger partial charge in [-0.15, -0.1) is 0 Å². The predicted molar refractivity (Wildman–Crippen MR) is 55.6 cm³/mol. The van der Waals surface area contributed by atoms with Gasteiger partial charge in [-0.1, -0.05) is 0 Å². The quantitative estimate of drug-likeness (QED) is 0.679. The number of rotatable bonds is 7. The summed E-state index contributed by atoms with van der Waals surface area (Å²) in [7, 11) is 0. The number of amides is 2. The Morgan fingerprint density at radius 2 is 2.00 bits per heavy atom. The molecule has 0 atom stereocenters. The van der Waals surface area contributed by atoms with Gasteiger partial charge in [-0.25, -0.2) is 4.79 Å². The van der Waals surface area contributed by atoms with E-state index in [0.717, 1.165) is 6.61 Å². The molecule has 7 heteroatoms. The van der Waals surface area contributed by atoms with E-state index in [0.29, 0.717) is 25.5 Å². The molecule has 1 fully saturated rings. The first-order chi connectivity index (χ1) is 7.97. The van der Waals surface area contributed by atoms with Gasteiger partial charge in [0, 0.05) is 19.8 Å². The highest BCUT2D eigenvalue weighted by Crippen LogP contribution is 2.28. The van der Waals surface area contributed by atoms with E-state index in [4.69, 9.17) is 4.74 Å². The van der Waals surface area contributed by atoms with E-state index in [-0.39, 0.29) is 0 Å². The molecule has 2 amide bonds. The molecule has 1 saturated carbocycles. The zero-order valence-electron chi connectivity index (χ0n) is 9.48. The first kappa shape index (κ1) is 14.1. The Hall–Kier alpha value is -0.980. The molecule has 0 heterocycles. The lowest BCUT2D eigenvalue weighted by molar-refractivity contribution is -0.122. The Morgan fingerprint density at radius 1 is 1.29 bits per heavy atom. The van der Waals surface area contributed by atoms with E-state index < -0.39 is 18.8 Å². The Morgan fingerprint density at radius 3 is 2.59 bits per heavy atom. The minimum atomic E-state index is -4.37. The molecule has 0 aromatic carbocycles. The summed E-state index contributed by atoms with van der Waals surface area (Å²) < 4.78 is 40.5. The van der Waals surface area contributed by atoms with Crippen molar-refractivity contribution in [1.82, 2.24) is 10.6 Å². The molecule has 0 spiro atoms. The van der Waals surface area contributed by atoms with Gasteiger partial charge in [-0.05, 0) is 25.2 Å². The monoisotopic (exact) mass is 254 g/mol. The smallest absolute Gasteiger partial charge is 0.381 e. The molecule has 1 aliphatic rings. The molecule has 0 bridgehead atoms. The van der Waals surface area contributed by atoms with Crippen molar-refractivity contribution in [3.8, 4) is 0 Å². The van der Waals surface area contributed by atoms with Crippen LogP contribution in [0.1, 0.15) is 19.3 Å². The van der Waals surface area contributed by atoms with Gasteiger partial charge in [-0.3, -0.25) is 0 Å². The summed E-state index contributed by atoms with van der Waals surface area (Å²) in [6.45, 7) is 0.279. The molecule has 4 nitrogen and oxygen atoms in total. The first-order valence-corrected chi connectivity index (χ1v) is 5.63. The van der Waals surface area contributed by atoms with Crippen LogP contribution in [-0.4, -0.2) is 38.5 Å². The number of alkyl halides is 3. The first-order valence-electron chi connectivity index (χ1n) is 5.63.